The van der Waals surface area contributed by atoms with Gasteiger partial charge in [-0.25, -0.2) is 0 Å². The number of phenols is 4. The van der Waals surface area contributed by atoms with Crippen LogP contribution in [0.4, 0.5) is 0 Å². The molecule has 0 aliphatic heterocycles. The predicted molar refractivity (Wildman–Crippen MR) is 191 cm³/mol. The molecule has 0 aromatic heterocycles. The zero-order chi connectivity index (χ0) is 34.6. The van der Waals surface area contributed by atoms with Gasteiger partial charge in [0.05, 0.1) is 0 Å². The second-order valence-electron chi connectivity index (χ2n) is 13.2. The molecule has 47 heavy (non-hydrogen) atoms. The number of carbonyl (C=O) groups is 1. The van der Waals surface area contributed by atoms with Crippen molar-refractivity contribution in [1.29, 1.82) is 0 Å². The number of rotatable bonds is 7. The largest absolute Gasteiger partial charge is 0.508 e. The number of phenolic OH excluding ortho intramolecular Hbond substituents is 4. The third-order valence-electron chi connectivity index (χ3n) is 9.93. The first kappa shape index (κ1) is 33.7. The Kier molecular flexibility index (Phi) is 8.71. The van der Waals surface area contributed by atoms with Crippen LogP contribution in [0.3, 0.4) is 0 Å². The van der Waals surface area contributed by atoms with Crippen LogP contribution >= 0.6 is 12.6 Å². The maximum absolute atomic E-state index is 13.3. The molecule has 242 valence electrons. The highest BCUT2D eigenvalue weighted by atomic mass is 32.1. The van der Waals surface area contributed by atoms with Crippen molar-refractivity contribution in [2.75, 3.05) is 0 Å². The molecule has 5 nitrogen and oxygen atoms in total. The molecule has 6 heteroatoms. The van der Waals surface area contributed by atoms with Gasteiger partial charge in [-0.15, -0.1) is 12.6 Å². The summed E-state index contributed by atoms with van der Waals surface area (Å²) in [6, 6.07) is 24.7. The van der Waals surface area contributed by atoms with Gasteiger partial charge in [-0.1, -0.05) is 48.5 Å². The fourth-order valence-electron chi connectivity index (χ4n) is 6.74. The summed E-state index contributed by atoms with van der Waals surface area (Å²) in [5.41, 5.74) is 7.65. The number of hydrogen-bond donors (Lipinski definition) is 5. The summed E-state index contributed by atoms with van der Waals surface area (Å²) in [5.74, 6) is 0.605. The van der Waals surface area contributed by atoms with Gasteiger partial charge >= 0.3 is 0 Å². The van der Waals surface area contributed by atoms with Crippen molar-refractivity contribution in [3.8, 4) is 23.0 Å². The van der Waals surface area contributed by atoms with Crippen LogP contribution in [0.5, 0.6) is 23.0 Å². The molecule has 0 spiro atoms. The standard InChI is InChI=1S/C41H42O5S/c1-22-13-30(14-23(2)37(22)44)40(7,29-9-11-35(43)12-10-29)33-18-28(27(6)42)19-34(20-33)41(8,31-15-24(3)38(45)25(4)16-31)32-17-26(5)39(46)36(47)21-32/h9-21,43-47H,1-8H3. The maximum Gasteiger partial charge on any atom is 0.159 e. The molecule has 5 aromatic carbocycles. The Bertz CT molecular complexity index is 1920. The molecule has 0 aliphatic carbocycles. The van der Waals surface area contributed by atoms with E-state index in [4.69, 9.17) is 0 Å². The van der Waals surface area contributed by atoms with Gasteiger partial charge in [-0.05, 0) is 147 Å². The molecular formula is C41H42O5S. The van der Waals surface area contributed by atoms with Crippen molar-refractivity contribution in [2.24, 2.45) is 0 Å². The Morgan fingerprint density at radius 2 is 0.851 bits per heavy atom. The van der Waals surface area contributed by atoms with E-state index in [0.717, 1.165) is 55.6 Å². The lowest BCUT2D eigenvalue weighted by Crippen LogP contribution is -2.30. The number of thiol groups is 1. The van der Waals surface area contributed by atoms with E-state index in [2.05, 4.69) is 32.5 Å². The second kappa shape index (κ2) is 12.2. The quantitative estimate of drug-likeness (QED) is 0.0690. The summed E-state index contributed by atoms with van der Waals surface area (Å²) < 4.78 is 0. The fraction of sp³-hybridized carbons (Fsp3) is 0.244. The summed E-state index contributed by atoms with van der Waals surface area (Å²) in [4.78, 5) is 13.7. The van der Waals surface area contributed by atoms with Gasteiger partial charge in [-0.2, -0.15) is 0 Å². The average Bonchev–Trinajstić information content (AvgIpc) is 3.03. The van der Waals surface area contributed by atoms with Crippen LogP contribution < -0.4 is 0 Å². The van der Waals surface area contributed by atoms with Crippen molar-refractivity contribution in [1.82, 2.24) is 0 Å². The third kappa shape index (κ3) is 5.76. The van der Waals surface area contributed by atoms with E-state index in [1.165, 1.54) is 0 Å². The summed E-state index contributed by atoms with van der Waals surface area (Å²) in [7, 11) is 0. The van der Waals surface area contributed by atoms with Crippen molar-refractivity contribution in [3.05, 3.63) is 146 Å². The highest BCUT2D eigenvalue weighted by molar-refractivity contribution is 7.80. The van der Waals surface area contributed by atoms with E-state index in [9.17, 15) is 25.2 Å². The Labute approximate surface area is 282 Å². The molecule has 4 N–H and O–H groups in total. The lowest BCUT2D eigenvalue weighted by molar-refractivity contribution is 0.101. The van der Waals surface area contributed by atoms with Crippen LogP contribution in [-0.2, 0) is 10.8 Å². The highest BCUT2D eigenvalue weighted by Crippen LogP contribution is 2.47. The normalized spacial score (nSPS) is 14.0. The van der Waals surface area contributed by atoms with Crippen LogP contribution in [0.1, 0.15) is 92.3 Å². The minimum absolute atomic E-state index is 0.101. The first-order chi connectivity index (χ1) is 22.0. The van der Waals surface area contributed by atoms with Gasteiger partial charge in [0.25, 0.3) is 0 Å². The first-order valence-corrected chi connectivity index (χ1v) is 16.0. The number of carbonyl (C=O) groups excluding carboxylic acids is 1. The van der Waals surface area contributed by atoms with E-state index in [1.54, 1.807) is 19.1 Å². The lowest BCUT2D eigenvalue weighted by atomic mass is 9.66. The molecule has 0 heterocycles. The van der Waals surface area contributed by atoms with Gasteiger partial charge in [0, 0.05) is 21.3 Å². The topological polar surface area (TPSA) is 98.0 Å². The molecule has 0 fully saturated rings. The zero-order valence-electron chi connectivity index (χ0n) is 28.1. The molecule has 2 atom stereocenters. The van der Waals surface area contributed by atoms with Crippen LogP contribution in [0.2, 0.25) is 0 Å². The summed E-state index contributed by atoms with van der Waals surface area (Å²) in [6.45, 7) is 15.0. The maximum atomic E-state index is 13.3. The molecule has 0 saturated heterocycles. The van der Waals surface area contributed by atoms with Crippen molar-refractivity contribution >= 4 is 18.4 Å². The van der Waals surface area contributed by atoms with Crippen molar-refractivity contribution in [2.45, 2.75) is 71.1 Å². The minimum Gasteiger partial charge on any atom is -0.508 e. The molecule has 0 radical (unpaired) electrons. The van der Waals surface area contributed by atoms with E-state index in [0.29, 0.717) is 16.0 Å². The van der Waals surface area contributed by atoms with Gasteiger partial charge in [0.1, 0.15) is 23.0 Å². The van der Waals surface area contributed by atoms with Crippen LogP contribution in [-0.4, -0.2) is 26.2 Å². The molecule has 0 amide bonds. The van der Waals surface area contributed by atoms with Crippen molar-refractivity contribution < 1.29 is 25.2 Å². The lowest BCUT2D eigenvalue weighted by Gasteiger charge is -2.37. The summed E-state index contributed by atoms with van der Waals surface area (Å²) >= 11 is 4.62. The van der Waals surface area contributed by atoms with Crippen molar-refractivity contribution in [3.63, 3.8) is 0 Å². The highest BCUT2D eigenvalue weighted by Gasteiger charge is 2.38. The zero-order valence-corrected chi connectivity index (χ0v) is 29.0. The molecule has 2 unspecified atom stereocenters. The number of aryl methyl sites for hydroxylation is 5. The number of hydrogen-bond acceptors (Lipinski definition) is 6. The average molecular weight is 647 g/mol. The number of Topliss-reactive ketones (excluding diaryl/α,β-unsaturated/α-hetero) is 1. The number of benzene rings is 5. The summed E-state index contributed by atoms with van der Waals surface area (Å²) in [5, 5.41) is 42.3. The molecule has 5 rings (SSSR count). The van der Waals surface area contributed by atoms with Crippen LogP contribution in [0.15, 0.2) is 83.8 Å². The SMILES string of the molecule is CC(=O)c1cc(C(C)(c2ccc(O)cc2)c2cc(C)c(O)c(C)c2)cc(C(C)(c2cc(C)c(O)c(C)c2)c2cc(C)c(O)c(S)c2)c1. The van der Waals surface area contributed by atoms with E-state index >= 15 is 0 Å². The molecule has 5 aromatic rings. The second-order valence-corrected chi connectivity index (χ2v) is 13.7. The molecule has 0 saturated carbocycles. The predicted octanol–water partition coefficient (Wildman–Crippen LogP) is 9.25. The van der Waals surface area contributed by atoms with Gasteiger partial charge < -0.3 is 20.4 Å². The number of aromatic hydroxyl groups is 4. The van der Waals surface area contributed by atoms with Gasteiger partial charge in [0.2, 0.25) is 0 Å². The minimum atomic E-state index is -0.865. The Morgan fingerprint density at radius 1 is 0.511 bits per heavy atom. The van der Waals surface area contributed by atoms with Crippen LogP contribution in [0, 0.1) is 34.6 Å². The van der Waals surface area contributed by atoms with Gasteiger partial charge in [-0.3, -0.25) is 4.79 Å². The Balaban J connectivity index is 1.93. The van der Waals surface area contributed by atoms with Crippen LogP contribution in [0.25, 0.3) is 0 Å². The fourth-order valence-corrected chi connectivity index (χ4v) is 7.06. The van der Waals surface area contributed by atoms with E-state index in [1.807, 2.05) is 95.3 Å². The molecule has 0 aliphatic rings. The van der Waals surface area contributed by atoms with E-state index < -0.39 is 10.8 Å². The smallest absolute Gasteiger partial charge is 0.159 e. The van der Waals surface area contributed by atoms with Gasteiger partial charge in [0.15, 0.2) is 5.78 Å². The third-order valence-corrected chi connectivity index (χ3v) is 10.3. The van der Waals surface area contributed by atoms with E-state index in [-0.39, 0.29) is 28.8 Å². The monoisotopic (exact) mass is 646 g/mol. The molecular weight excluding hydrogens is 605 g/mol. The number of ketones is 1. The first-order valence-electron chi connectivity index (χ1n) is 15.6. The molecule has 0 bridgehead atoms. The Morgan fingerprint density at radius 3 is 1.23 bits per heavy atom. The summed E-state index contributed by atoms with van der Waals surface area (Å²) in [6.07, 6.45) is 0. The Hall–Kier alpha value is -4.68.